The summed E-state index contributed by atoms with van der Waals surface area (Å²) in [6, 6.07) is 1.49. The molecule has 0 aromatic carbocycles. The van der Waals surface area contributed by atoms with Crippen molar-refractivity contribution >= 4 is 11.7 Å². The standard InChI is InChI=1S/C8H12N4O2/c1-5-4-7(12-14-5)10-8(13)6-2-3-9-11-6/h4,6,9,11H,2-3H2,1H3,(H,10,12,13). The van der Waals surface area contributed by atoms with E-state index in [0.717, 1.165) is 13.0 Å². The molecular weight excluding hydrogens is 184 g/mol. The zero-order valence-corrected chi connectivity index (χ0v) is 7.83. The maximum atomic E-state index is 11.5. The van der Waals surface area contributed by atoms with Gasteiger partial charge in [0.25, 0.3) is 0 Å². The minimum absolute atomic E-state index is 0.0942. The van der Waals surface area contributed by atoms with Crippen LogP contribution in [0.4, 0.5) is 5.82 Å². The van der Waals surface area contributed by atoms with Gasteiger partial charge >= 0.3 is 0 Å². The summed E-state index contributed by atoms with van der Waals surface area (Å²) in [5.41, 5.74) is 5.75. The number of hydrogen-bond donors (Lipinski definition) is 3. The largest absolute Gasteiger partial charge is 0.360 e. The van der Waals surface area contributed by atoms with Gasteiger partial charge in [0.15, 0.2) is 5.82 Å². The van der Waals surface area contributed by atoms with Crippen LogP contribution in [0.3, 0.4) is 0 Å². The van der Waals surface area contributed by atoms with Gasteiger partial charge in [-0.3, -0.25) is 10.2 Å². The molecular formula is C8H12N4O2. The molecule has 1 aromatic heterocycles. The number of anilines is 1. The Morgan fingerprint density at radius 3 is 3.21 bits per heavy atom. The molecule has 1 unspecified atom stereocenters. The molecule has 3 N–H and O–H groups in total. The van der Waals surface area contributed by atoms with Crippen molar-refractivity contribution in [1.29, 1.82) is 0 Å². The first-order chi connectivity index (χ1) is 6.75. The molecule has 2 heterocycles. The van der Waals surface area contributed by atoms with Crippen molar-refractivity contribution in [2.75, 3.05) is 11.9 Å². The van der Waals surface area contributed by atoms with E-state index in [4.69, 9.17) is 4.52 Å². The predicted octanol–water partition coefficient (Wildman–Crippen LogP) is -0.212. The van der Waals surface area contributed by atoms with Crippen LogP contribution < -0.4 is 16.2 Å². The zero-order valence-electron chi connectivity index (χ0n) is 7.83. The lowest BCUT2D eigenvalue weighted by molar-refractivity contribution is -0.117. The number of nitrogens with one attached hydrogen (secondary N) is 3. The second-order valence-corrected chi connectivity index (χ2v) is 3.22. The highest BCUT2D eigenvalue weighted by atomic mass is 16.5. The highest BCUT2D eigenvalue weighted by Gasteiger charge is 2.22. The van der Waals surface area contributed by atoms with Crippen LogP contribution in [-0.2, 0) is 4.79 Å². The van der Waals surface area contributed by atoms with Gasteiger partial charge in [-0.25, -0.2) is 5.43 Å². The van der Waals surface area contributed by atoms with E-state index in [1.807, 2.05) is 0 Å². The Labute approximate surface area is 81.0 Å². The van der Waals surface area contributed by atoms with Crippen LogP contribution in [0.2, 0.25) is 0 Å². The second kappa shape index (κ2) is 3.77. The number of nitrogens with zero attached hydrogens (tertiary/aromatic N) is 1. The van der Waals surface area contributed by atoms with Gasteiger partial charge < -0.3 is 9.84 Å². The van der Waals surface area contributed by atoms with Gasteiger partial charge in [0, 0.05) is 12.6 Å². The van der Waals surface area contributed by atoms with Crippen molar-refractivity contribution in [2.24, 2.45) is 0 Å². The van der Waals surface area contributed by atoms with Crippen LogP contribution >= 0.6 is 0 Å². The fourth-order valence-electron chi connectivity index (χ4n) is 1.32. The van der Waals surface area contributed by atoms with E-state index in [1.165, 1.54) is 0 Å². The van der Waals surface area contributed by atoms with Gasteiger partial charge in [-0.1, -0.05) is 5.16 Å². The lowest BCUT2D eigenvalue weighted by atomic mass is 10.2. The van der Waals surface area contributed by atoms with Crippen LogP contribution in [0.5, 0.6) is 0 Å². The highest BCUT2D eigenvalue weighted by Crippen LogP contribution is 2.08. The molecule has 14 heavy (non-hydrogen) atoms. The van der Waals surface area contributed by atoms with E-state index in [0.29, 0.717) is 11.6 Å². The molecule has 0 saturated carbocycles. The summed E-state index contributed by atoms with van der Waals surface area (Å²) >= 11 is 0. The predicted molar refractivity (Wildman–Crippen MR) is 49.4 cm³/mol. The number of carbonyl (C=O) groups excluding carboxylic acids is 1. The van der Waals surface area contributed by atoms with E-state index < -0.39 is 0 Å². The van der Waals surface area contributed by atoms with Crippen LogP contribution in [0.25, 0.3) is 0 Å². The van der Waals surface area contributed by atoms with Crippen molar-refractivity contribution < 1.29 is 9.32 Å². The van der Waals surface area contributed by atoms with Gasteiger partial charge in [0.1, 0.15) is 11.8 Å². The quantitative estimate of drug-likeness (QED) is 0.610. The highest BCUT2D eigenvalue weighted by molar-refractivity contribution is 5.94. The Balaban J connectivity index is 1.93. The van der Waals surface area contributed by atoms with Gasteiger partial charge in [0.05, 0.1) is 0 Å². The summed E-state index contributed by atoms with van der Waals surface area (Å²) in [5, 5.41) is 6.33. The summed E-state index contributed by atoms with van der Waals surface area (Å²) < 4.78 is 4.83. The molecule has 2 rings (SSSR count). The SMILES string of the molecule is Cc1cc(NC(=O)C2CCNN2)no1. The molecule has 0 spiro atoms. The third kappa shape index (κ3) is 1.91. The Morgan fingerprint density at radius 2 is 2.64 bits per heavy atom. The van der Waals surface area contributed by atoms with Crippen LogP contribution in [0.15, 0.2) is 10.6 Å². The monoisotopic (exact) mass is 196 g/mol. The van der Waals surface area contributed by atoms with Crippen molar-refractivity contribution in [3.63, 3.8) is 0 Å². The number of aryl methyl sites for hydroxylation is 1. The van der Waals surface area contributed by atoms with Gasteiger partial charge in [0.2, 0.25) is 5.91 Å². The van der Waals surface area contributed by atoms with E-state index in [2.05, 4.69) is 21.3 Å². The molecule has 0 bridgehead atoms. The Morgan fingerprint density at radius 1 is 1.79 bits per heavy atom. The van der Waals surface area contributed by atoms with Crippen molar-refractivity contribution in [1.82, 2.24) is 16.0 Å². The zero-order chi connectivity index (χ0) is 9.97. The Hall–Kier alpha value is -1.40. The summed E-state index contributed by atoms with van der Waals surface area (Å²) in [6.07, 6.45) is 0.780. The van der Waals surface area contributed by atoms with Gasteiger partial charge in [-0.05, 0) is 13.3 Å². The van der Waals surface area contributed by atoms with Crippen LogP contribution in [0, 0.1) is 6.92 Å². The number of hydrazine groups is 1. The summed E-state index contributed by atoms with van der Waals surface area (Å²) in [4.78, 5) is 11.5. The van der Waals surface area contributed by atoms with Gasteiger partial charge in [-0.15, -0.1) is 0 Å². The molecule has 1 aliphatic heterocycles. The lowest BCUT2D eigenvalue weighted by Crippen LogP contribution is -2.39. The second-order valence-electron chi connectivity index (χ2n) is 3.22. The lowest BCUT2D eigenvalue weighted by Gasteiger charge is -2.07. The van der Waals surface area contributed by atoms with E-state index >= 15 is 0 Å². The fourth-order valence-corrected chi connectivity index (χ4v) is 1.32. The molecule has 0 aliphatic carbocycles. The molecule has 1 atom stereocenters. The van der Waals surface area contributed by atoms with E-state index in [1.54, 1.807) is 13.0 Å². The number of amides is 1. The number of rotatable bonds is 2. The van der Waals surface area contributed by atoms with Crippen molar-refractivity contribution in [2.45, 2.75) is 19.4 Å². The molecule has 1 aliphatic rings. The first-order valence-electron chi connectivity index (χ1n) is 4.48. The summed E-state index contributed by atoms with van der Waals surface area (Å²) in [7, 11) is 0. The molecule has 1 amide bonds. The Bertz CT molecular complexity index is 330. The smallest absolute Gasteiger partial charge is 0.244 e. The van der Waals surface area contributed by atoms with E-state index in [-0.39, 0.29) is 11.9 Å². The minimum atomic E-state index is -0.188. The molecule has 1 saturated heterocycles. The summed E-state index contributed by atoms with van der Waals surface area (Å²) in [6.45, 7) is 2.58. The van der Waals surface area contributed by atoms with Crippen molar-refractivity contribution in [3.8, 4) is 0 Å². The third-order valence-corrected chi connectivity index (χ3v) is 2.03. The van der Waals surface area contributed by atoms with Crippen molar-refractivity contribution in [3.05, 3.63) is 11.8 Å². The van der Waals surface area contributed by atoms with E-state index in [9.17, 15) is 4.79 Å². The molecule has 1 aromatic rings. The number of aromatic nitrogens is 1. The average molecular weight is 196 g/mol. The maximum Gasteiger partial charge on any atom is 0.244 e. The molecule has 76 valence electrons. The average Bonchev–Trinajstić information content (AvgIpc) is 2.75. The first kappa shape index (κ1) is 9.17. The summed E-state index contributed by atoms with van der Waals surface area (Å²) in [5.74, 6) is 1.04. The first-order valence-corrected chi connectivity index (χ1v) is 4.48. The number of hydrogen-bond acceptors (Lipinski definition) is 5. The molecule has 0 radical (unpaired) electrons. The van der Waals surface area contributed by atoms with Crippen LogP contribution in [0.1, 0.15) is 12.2 Å². The molecule has 6 heteroatoms. The normalized spacial score (nSPS) is 21.1. The minimum Gasteiger partial charge on any atom is -0.360 e. The molecule has 6 nitrogen and oxygen atoms in total. The van der Waals surface area contributed by atoms with Crippen LogP contribution in [-0.4, -0.2) is 23.7 Å². The third-order valence-electron chi connectivity index (χ3n) is 2.03. The molecule has 1 fully saturated rings. The Kier molecular flexibility index (Phi) is 2.47. The number of carbonyl (C=O) groups is 1. The van der Waals surface area contributed by atoms with Gasteiger partial charge in [-0.2, -0.15) is 0 Å². The fraction of sp³-hybridized carbons (Fsp3) is 0.500. The maximum absolute atomic E-state index is 11.5. The topological polar surface area (TPSA) is 79.2 Å².